The zero-order chi connectivity index (χ0) is 17.4. The summed E-state index contributed by atoms with van der Waals surface area (Å²) < 4.78 is 8.88. The summed E-state index contributed by atoms with van der Waals surface area (Å²) in [6.45, 7) is 9.26. The predicted octanol–water partition coefficient (Wildman–Crippen LogP) is -1.96. The number of amides is 3. The molecule has 0 rings (SSSR count). The molecule has 0 aromatic rings. The minimum absolute atomic E-state index is 0.481. The molecule has 11 heteroatoms. The molecular formula is C9H18N3O7P. The van der Waals surface area contributed by atoms with Crippen molar-refractivity contribution < 1.29 is 33.6 Å². The Morgan fingerprint density at radius 3 is 0.800 bits per heavy atom. The van der Waals surface area contributed by atoms with E-state index >= 15 is 0 Å². The maximum Gasteiger partial charge on any atom is 0.466 e. The first-order valence-electron chi connectivity index (χ1n) is 4.35. The lowest BCUT2D eigenvalue weighted by Gasteiger charge is -1.82. The summed E-state index contributed by atoms with van der Waals surface area (Å²) in [4.78, 5) is 50.0. The molecule has 0 aliphatic heterocycles. The molecule has 0 aromatic heterocycles. The summed E-state index contributed by atoms with van der Waals surface area (Å²) >= 11 is 0. The van der Waals surface area contributed by atoms with Crippen LogP contribution in [0.5, 0.6) is 0 Å². The molecule has 0 unspecified atom stereocenters. The van der Waals surface area contributed by atoms with Crippen LogP contribution in [0.3, 0.4) is 0 Å². The smallest absolute Gasteiger partial charge is 0.366 e. The Balaban J connectivity index is -0.0000000853. The molecule has 0 fully saturated rings. The number of carbonyl (C=O) groups excluding carboxylic acids is 3. The quantitative estimate of drug-likeness (QED) is 0.256. The summed E-state index contributed by atoms with van der Waals surface area (Å²) in [5.41, 5.74) is 13.6. The van der Waals surface area contributed by atoms with E-state index in [2.05, 4.69) is 36.9 Å². The SMILES string of the molecule is C=CC(N)=O.C=CC(N)=O.C=CC(N)=O.O=P(O)(O)O. The van der Waals surface area contributed by atoms with Crippen LogP contribution >= 0.6 is 7.82 Å². The lowest BCUT2D eigenvalue weighted by molar-refractivity contribution is -0.114. The Morgan fingerprint density at radius 1 is 0.750 bits per heavy atom. The molecule has 9 N–H and O–H groups in total. The molecule has 3 amide bonds. The van der Waals surface area contributed by atoms with Gasteiger partial charge in [-0.15, -0.1) is 0 Å². The van der Waals surface area contributed by atoms with E-state index in [-0.39, 0.29) is 0 Å². The number of phosphoric acid groups is 1. The van der Waals surface area contributed by atoms with E-state index in [9.17, 15) is 14.4 Å². The second kappa shape index (κ2) is 16.7. The minimum atomic E-state index is -4.64. The van der Waals surface area contributed by atoms with Gasteiger partial charge in [-0.1, -0.05) is 19.7 Å². The maximum atomic E-state index is 9.47. The Morgan fingerprint density at radius 2 is 0.800 bits per heavy atom. The summed E-state index contributed by atoms with van der Waals surface area (Å²) in [5, 5.41) is 0. The highest BCUT2D eigenvalue weighted by Gasteiger charge is 2.00. The van der Waals surface area contributed by atoms with E-state index < -0.39 is 25.5 Å². The van der Waals surface area contributed by atoms with E-state index in [1.165, 1.54) is 0 Å². The first-order valence-corrected chi connectivity index (χ1v) is 5.92. The van der Waals surface area contributed by atoms with E-state index in [4.69, 9.17) is 19.2 Å². The minimum Gasteiger partial charge on any atom is -0.366 e. The van der Waals surface area contributed by atoms with Crippen LogP contribution in [0.15, 0.2) is 38.0 Å². The van der Waals surface area contributed by atoms with Crippen LogP contribution in [-0.4, -0.2) is 32.4 Å². The summed E-state index contributed by atoms with van der Waals surface area (Å²) in [6, 6.07) is 0. The average Bonchev–Trinajstić information content (AvgIpc) is 2.28. The van der Waals surface area contributed by atoms with Gasteiger partial charge < -0.3 is 31.9 Å². The lowest BCUT2D eigenvalue weighted by atomic mass is 10.6. The highest BCUT2D eigenvalue weighted by Crippen LogP contribution is 2.25. The topological polar surface area (TPSA) is 207 Å². The molecule has 0 heterocycles. The van der Waals surface area contributed by atoms with Gasteiger partial charge in [0.05, 0.1) is 0 Å². The highest BCUT2D eigenvalue weighted by molar-refractivity contribution is 7.45. The first-order chi connectivity index (χ1) is 8.81. The first kappa shape index (κ1) is 26.3. The van der Waals surface area contributed by atoms with Crippen LogP contribution in [0.25, 0.3) is 0 Å². The zero-order valence-electron chi connectivity index (χ0n) is 10.5. The zero-order valence-corrected chi connectivity index (χ0v) is 11.4. The molecule has 0 radical (unpaired) electrons. The molecule has 20 heavy (non-hydrogen) atoms. The number of hydrogen-bond acceptors (Lipinski definition) is 4. The third-order valence-electron chi connectivity index (χ3n) is 0.604. The molecule has 0 aromatic carbocycles. The van der Waals surface area contributed by atoms with E-state index in [1.807, 2.05) is 0 Å². The number of hydrogen-bond donors (Lipinski definition) is 6. The van der Waals surface area contributed by atoms with E-state index in [0.717, 1.165) is 18.2 Å². The lowest BCUT2D eigenvalue weighted by Crippen LogP contribution is -2.04. The number of rotatable bonds is 3. The van der Waals surface area contributed by atoms with Crippen molar-refractivity contribution in [3.8, 4) is 0 Å². The number of nitrogens with two attached hydrogens (primary N) is 3. The van der Waals surface area contributed by atoms with Crippen molar-refractivity contribution in [2.24, 2.45) is 17.2 Å². The molecule has 0 bridgehead atoms. The van der Waals surface area contributed by atoms with Gasteiger partial charge in [-0.2, -0.15) is 0 Å². The Hall–Kier alpha value is -2.26. The standard InChI is InChI=1S/3C3H5NO.H3O4P/c3*1-2-3(4)5;1-5(2,3)4/h3*2H,1H2,(H2,4,5);(H3,1,2,3,4). The van der Waals surface area contributed by atoms with Gasteiger partial charge in [-0.05, 0) is 18.2 Å². The third kappa shape index (κ3) is 244. The van der Waals surface area contributed by atoms with Gasteiger partial charge in [-0.3, -0.25) is 14.4 Å². The predicted molar refractivity (Wildman–Crippen MR) is 72.4 cm³/mol. The number of carbonyl (C=O) groups is 3. The van der Waals surface area contributed by atoms with Crippen LogP contribution in [0.2, 0.25) is 0 Å². The van der Waals surface area contributed by atoms with E-state index in [0.29, 0.717) is 0 Å². The van der Waals surface area contributed by atoms with Crippen LogP contribution < -0.4 is 17.2 Å². The van der Waals surface area contributed by atoms with Crippen LogP contribution in [0, 0.1) is 0 Å². The molecule has 0 spiro atoms. The largest absolute Gasteiger partial charge is 0.466 e. The van der Waals surface area contributed by atoms with Crippen molar-refractivity contribution in [1.82, 2.24) is 0 Å². The monoisotopic (exact) mass is 311 g/mol. The molecule has 10 nitrogen and oxygen atoms in total. The molecule has 0 atom stereocenters. The Kier molecular flexibility index (Phi) is 22.0. The van der Waals surface area contributed by atoms with Crippen LogP contribution in [0.4, 0.5) is 0 Å². The van der Waals surface area contributed by atoms with Gasteiger partial charge in [0.25, 0.3) is 0 Å². The fourth-order valence-corrected chi connectivity index (χ4v) is 0. The van der Waals surface area contributed by atoms with Crippen LogP contribution in [-0.2, 0) is 18.9 Å². The normalized spacial score (nSPS) is 7.75. The molecule has 0 saturated carbocycles. The van der Waals surface area contributed by atoms with Gasteiger partial charge in [0.2, 0.25) is 17.7 Å². The number of primary amides is 3. The second-order valence-electron chi connectivity index (χ2n) is 2.33. The summed E-state index contributed by atoms with van der Waals surface area (Å²) in [7, 11) is -4.64. The molecule has 0 aliphatic rings. The molecule has 116 valence electrons. The third-order valence-corrected chi connectivity index (χ3v) is 0.604. The van der Waals surface area contributed by atoms with Crippen LogP contribution in [0.1, 0.15) is 0 Å². The van der Waals surface area contributed by atoms with Gasteiger partial charge in [-0.25, -0.2) is 4.57 Å². The second-order valence-corrected chi connectivity index (χ2v) is 3.36. The summed E-state index contributed by atoms with van der Waals surface area (Å²) in [6.07, 6.45) is 3.17. The van der Waals surface area contributed by atoms with E-state index in [1.54, 1.807) is 0 Å². The van der Waals surface area contributed by atoms with Gasteiger partial charge in [0, 0.05) is 0 Å². The Bertz CT molecular complexity index is 338. The van der Waals surface area contributed by atoms with Gasteiger partial charge >= 0.3 is 7.82 Å². The summed E-state index contributed by atoms with van der Waals surface area (Å²) in [5.74, 6) is -1.44. The van der Waals surface area contributed by atoms with Crippen molar-refractivity contribution in [3.05, 3.63) is 38.0 Å². The van der Waals surface area contributed by atoms with Gasteiger partial charge in [0.15, 0.2) is 0 Å². The van der Waals surface area contributed by atoms with Crippen molar-refractivity contribution in [2.75, 3.05) is 0 Å². The van der Waals surface area contributed by atoms with Crippen molar-refractivity contribution in [2.45, 2.75) is 0 Å². The molecule has 0 aliphatic carbocycles. The van der Waals surface area contributed by atoms with Crippen molar-refractivity contribution in [3.63, 3.8) is 0 Å². The van der Waals surface area contributed by atoms with Gasteiger partial charge in [0.1, 0.15) is 0 Å². The van der Waals surface area contributed by atoms with Crippen molar-refractivity contribution in [1.29, 1.82) is 0 Å². The fraction of sp³-hybridized carbons (Fsp3) is 0. The fourth-order valence-electron chi connectivity index (χ4n) is 0. The highest BCUT2D eigenvalue weighted by atomic mass is 31.2. The Labute approximate surface area is 115 Å². The van der Waals surface area contributed by atoms with Crippen molar-refractivity contribution >= 4 is 25.5 Å². The maximum absolute atomic E-state index is 9.47. The average molecular weight is 311 g/mol. The molecular weight excluding hydrogens is 293 g/mol. The molecule has 0 saturated heterocycles.